The number of carbonyl (C=O) groups is 1. The summed E-state index contributed by atoms with van der Waals surface area (Å²) in [4.78, 5) is 15.7. The SMILES string of the molecule is COC(=O)c1ccnc(OC2CC(C)OC(C)C2)c1N. The molecule has 0 radical (unpaired) electrons. The molecule has 0 amide bonds. The molecule has 1 aliphatic heterocycles. The third-order valence-corrected chi connectivity index (χ3v) is 3.29. The van der Waals surface area contributed by atoms with Gasteiger partial charge in [0.05, 0.1) is 24.9 Å². The van der Waals surface area contributed by atoms with Crippen LogP contribution in [0.15, 0.2) is 12.3 Å². The van der Waals surface area contributed by atoms with Gasteiger partial charge in [-0.05, 0) is 19.9 Å². The summed E-state index contributed by atoms with van der Waals surface area (Å²) in [7, 11) is 1.31. The monoisotopic (exact) mass is 280 g/mol. The number of esters is 1. The van der Waals surface area contributed by atoms with Crippen LogP contribution in [0, 0.1) is 0 Å². The molecule has 0 spiro atoms. The van der Waals surface area contributed by atoms with Gasteiger partial charge in [-0.2, -0.15) is 0 Å². The van der Waals surface area contributed by atoms with E-state index in [-0.39, 0.29) is 35.4 Å². The smallest absolute Gasteiger partial charge is 0.340 e. The molecule has 20 heavy (non-hydrogen) atoms. The number of aromatic nitrogens is 1. The fourth-order valence-electron chi connectivity index (χ4n) is 2.43. The van der Waals surface area contributed by atoms with Crippen LogP contribution in [0.3, 0.4) is 0 Å². The zero-order valence-electron chi connectivity index (χ0n) is 12.0. The first-order valence-corrected chi connectivity index (χ1v) is 6.66. The molecule has 2 heterocycles. The molecule has 110 valence electrons. The zero-order valence-corrected chi connectivity index (χ0v) is 12.0. The van der Waals surface area contributed by atoms with Crippen molar-refractivity contribution in [2.45, 2.75) is 45.0 Å². The van der Waals surface area contributed by atoms with Crippen molar-refractivity contribution >= 4 is 11.7 Å². The highest BCUT2D eigenvalue weighted by molar-refractivity contribution is 5.95. The lowest BCUT2D eigenvalue weighted by molar-refractivity contribution is -0.0728. The molecule has 2 N–H and O–H groups in total. The number of pyridine rings is 1. The summed E-state index contributed by atoms with van der Waals surface area (Å²) < 4.78 is 16.2. The van der Waals surface area contributed by atoms with Crippen molar-refractivity contribution in [1.29, 1.82) is 0 Å². The van der Waals surface area contributed by atoms with Gasteiger partial charge in [-0.1, -0.05) is 0 Å². The van der Waals surface area contributed by atoms with E-state index in [2.05, 4.69) is 9.72 Å². The van der Waals surface area contributed by atoms with Crippen molar-refractivity contribution in [3.63, 3.8) is 0 Å². The van der Waals surface area contributed by atoms with Gasteiger partial charge in [-0.15, -0.1) is 0 Å². The Bertz CT molecular complexity index is 482. The van der Waals surface area contributed by atoms with E-state index < -0.39 is 5.97 Å². The zero-order chi connectivity index (χ0) is 14.7. The predicted octanol–water partition coefficient (Wildman–Crippen LogP) is 1.79. The van der Waals surface area contributed by atoms with Crippen LogP contribution in [0.1, 0.15) is 37.0 Å². The third kappa shape index (κ3) is 3.19. The number of nitrogens with zero attached hydrogens (tertiary/aromatic N) is 1. The predicted molar refractivity (Wildman–Crippen MR) is 73.6 cm³/mol. The van der Waals surface area contributed by atoms with Crippen LogP contribution in [-0.2, 0) is 9.47 Å². The minimum Gasteiger partial charge on any atom is -0.473 e. The molecule has 0 aliphatic carbocycles. The van der Waals surface area contributed by atoms with E-state index >= 15 is 0 Å². The molecule has 2 unspecified atom stereocenters. The standard InChI is InChI=1S/C14H20N2O4/c1-8-6-10(7-9(2)19-8)20-13-12(15)11(4-5-16-13)14(17)18-3/h4-5,8-10H,6-7,15H2,1-3H3. The van der Waals surface area contributed by atoms with E-state index in [0.717, 1.165) is 12.8 Å². The lowest BCUT2D eigenvalue weighted by Crippen LogP contribution is -2.36. The average molecular weight is 280 g/mol. The van der Waals surface area contributed by atoms with Gasteiger partial charge in [0.2, 0.25) is 5.88 Å². The van der Waals surface area contributed by atoms with Gasteiger partial charge in [0.25, 0.3) is 0 Å². The molecule has 0 bridgehead atoms. The molecule has 1 aromatic heterocycles. The first-order valence-electron chi connectivity index (χ1n) is 6.66. The fraction of sp³-hybridized carbons (Fsp3) is 0.571. The van der Waals surface area contributed by atoms with E-state index in [4.69, 9.17) is 15.2 Å². The Kier molecular flexibility index (Phi) is 4.44. The van der Waals surface area contributed by atoms with Gasteiger partial charge in [0.15, 0.2) is 0 Å². The number of hydrogen-bond acceptors (Lipinski definition) is 6. The Hall–Kier alpha value is -1.82. The van der Waals surface area contributed by atoms with E-state index in [0.29, 0.717) is 0 Å². The van der Waals surface area contributed by atoms with Crippen molar-refractivity contribution in [3.05, 3.63) is 17.8 Å². The number of ether oxygens (including phenoxy) is 3. The molecule has 2 atom stereocenters. The van der Waals surface area contributed by atoms with Crippen LogP contribution < -0.4 is 10.5 Å². The highest BCUT2D eigenvalue weighted by Crippen LogP contribution is 2.28. The Morgan fingerprint density at radius 1 is 1.40 bits per heavy atom. The van der Waals surface area contributed by atoms with Crippen LogP contribution in [0.25, 0.3) is 0 Å². The van der Waals surface area contributed by atoms with Gasteiger partial charge in [-0.3, -0.25) is 0 Å². The summed E-state index contributed by atoms with van der Waals surface area (Å²) in [6.07, 6.45) is 3.28. The minimum atomic E-state index is -0.497. The summed E-state index contributed by atoms with van der Waals surface area (Å²) in [6, 6.07) is 1.52. The van der Waals surface area contributed by atoms with Crippen LogP contribution >= 0.6 is 0 Å². The minimum absolute atomic E-state index is 0.0172. The van der Waals surface area contributed by atoms with Crippen LogP contribution in [0.5, 0.6) is 5.88 Å². The molecule has 1 aromatic rings. The van der Waals surface area contributed by atoms with Crippen molar-refractivity contribution < 1.29 is 19.0 Å². The number of nitrogen functional groups attached to an aromatic ring is 1. The van der Waals surface area contributed by atoms with E-state index in [1.807, 2.05) is 13.8 Å². The van der Waals surface area contributed by atoms with E-state index in [9.17, 15) is 4.79 Å². The third-order valence-electron chi connectivity index (χ3n) is 3.29. The first kappa shape index (κ1) is 14.6. The van der Waals surface area contributed by atoms with Crippen molar-refractivity contribution in [2.24, 2.45) is 0 Å². The van der Waals surface area contributed by atoms with Crippen molar-refractivity contribution in [2.75, 3.05) is 12.8 Å². The maximum atomic E-state index is 11.6. The van der Waals surface area contributed by atoms with Crippen LogP contribution in [0.2, 0.25) is 0 Å². The lowest BCUT2D eigenvalue weighted by atomic mass is 10.0. The topological polar surface area (TPSA) is 83.7 Å². The molecule has 0 aromatic carbocycles. The molecule has 1 saturated heterocycles. The normalized spacial score (nSPS) is 26.1. The molecule has 1 aliphatic rings. The average Bonchev–Trinajstić information content (AvgIpc) is 2.39. The summed E-state index contributed by atoms with van der Waals surface area (Å²) in [5, 5.41) is 0. The molecule has 2 rings (SSSR count). The molecule has 6 nitrogen and oxygen atoms in total. The number of methoxy groups -OCH3 is 1. The maximum absolute atomic E-state index is 11.6. The number of anilines is 1. The Morgan fingerprint density at radius 2 is 2.05 bits per heavy atom. The molecule has 1 fully saturated rings. The Morgan fingerprint density at radius 3 is 2.65 bits per heavy atom. The largest absolute Gasteiger partial charge is 0.473 e. The quantitative estimate of drug-likeness (QED) is 0.850. The van der Waals surface area contributed by atoms with Crippen LogP contribution in [-0.4, -0.2) is 36.4 Å². The van der Waals surface area contributed by atoms with Gasteiger partial charge in [0.1, 0.15) is 11.8 Å². The Balaban J connectivity index is 2.15. The van der Waals surface area contributed by atoms with E-state index in [1.54, 1.807) is 0 Å². The number of hydrogen-bond donors (Lipinski definition) is 1. The van der Waals surface area contributed by atoms with Gasteiger partial charge in [0, 0.05) is 19.0 Å². The number of carbonyl (C=O) groups excluding carboxylic acids is 1. The molecule has 0 saturated carbocycles. The van der Waals surface area contributed by atoms with Crippen LogP contribution in [0.4, 0.5) is 5.69 Å². The number of rotatable bonds is 3. The summed E-state index contributed by atoms with van der Waals surface area (Å²) >= 11 is 0. The van der Waals surface area contributed by atoms with Gasteiger partial charge < -0.3 is 19.9 Å². The summed E-state index contributed by atoms with van der Waals surface area (Å²) in [6.45, 7) is 4.02. The highest BCUT2D eigenvalue weighted by atomic mass is 16.5. The van der Waals surface area contributed by atoms with Crippen molar-refractivity contribution in [1.82, 2.24) is 4.98 Å². The summed E-state index contributed by atoms with van der Waals surface area (Å²) in [5.74, 6) is -0.220. The Labute approximate surface area is 118 Å². The summed E-state index contributed by atoms with van der Waals surface area (Å²) in [5.41, 5.74) is 6.41. The maximum Gasteiger partial charge on any atom is 0.340 e. The second-order valence-electron chi connectivity index (χ2n) is 5.04. The van der Waals surface area contributed by atoms with Gasteiger partial charge >= 0.3 is 5.97 Å². The first-order chi connectivity index (χ1) is 9.51. The van der Waals surface area contributed by atoms with E-state index in [1.165, 1.54) is 19.4 Å². The number of nitrogens with two attached hydrogens (primary N) is 1. The fourth-order valence-corrected chi connectivity index (χ4v) is 2.43. The molecule has 6 heteroatoms. The molecular weight excluding hydrogens is 260 g/mol. The molecular formula is C14H20N2O4. The second-order valence-corrected chi connectivity index (χ2v) is 5.04. The van der Waals surface area contributed by atoms with Crippen molar-refractivity contribution in [3.8, 4) is 5.88 Å². The second kappa shape index (κ2) is 6.09. The lowest BCUT2D eigenvalue weighted by Gasteiger charge is -2.32. The highest BCUT2D eigenvalue weighted by Gasteiger charge is 2.27. The van der Waals surface area contributed by atoms with Gasteiger partial charge in [-0.25, -0.2) is 9.78 Å².